The lowest BCUT2D eigenvalue weighted by Gasteiger charge is -2.04. The van der Waals surface area contributed by atoms with E-state index in [2.05, 4.69) is 0 Å². The molecule has 7 heteroatoms. The van der Waals surface area contributed by atoms with Crippen LogP contribution in [0.25, 0.3) is 20.7 Å². The van der Waals surface area contributed by atoms with Crippen molar-refractivity contribution in [1.82, 2.24) is 4.57 Å². The van der Waals surface area contributed by atoms with Crippen molar-refractivity contribution in [2.75, 3.05) is 0 Å². The highest BCUT2D eigenvalue weighted by molar-refractivity contribution is 7.20. The molecule has 3 aromatic heterocycles. The largest absolute Gasteiger partial charge is 0.478 e. The van der Waals surface area contributed by atoms with E-state index in [9.17, 15) is 14.7 Å². The van der Waals surface area contributed by atoms with Gasteiger partial charge in [0.05, 0.1) is 10.4 Å². The zero-order chi connectivity index (χ0) is 20.0. The lowest BCUT2D eigenvalue weighted by Crippen LogP contribution is -2.06. The molecule has 0 bridgehead atoms. The number of aromatic nitrogens is 1. The Labute approximate surface area is 174 Å². The van der Waals surface area contributed by atoms with Crippen LogP contribution in [0.4, 0.5) is 0 Å². The number of carbonyl (C=O) groups is 2. The number of rotatable bonds is 5. The van der Waals surface area contributed by atoms with Gasteiger partial charge in [-0.2, -0.15) is 0 Å². The van der Waals surface area contributed by atoms with Crippen molar-refractivity contribution in [2.24, 2.45) is 7.05 Å². The first kappa shape index (κ1) is 18.9. The van der Waals surface area contributed by atoms with Crippen molar-refractivity contribution >= 4 is 56.2 Å². The van der Waals surface area contributed by atoms with E-state index in [1.165, 1.54) is 22.7 Å². The second-order valence-electron chi connectivity index (χ2n) is 6.63. The molecule has 4 nitrogen and oxygen atoms in total. The molecule has 0 saturated heterocycles. The number of Topliss-reactive ketones (excluding diaryl/α,β-unsaturated/α-hetero) is 1. The molecule has 0 radical (unpaired) electrons. The van der Waals surface area contributed by atoms with Crippen LogP contribution in [0.5, 0.6) is 0 Å². The summed E-state index contributed by atoms with van der Waals surface area (Å²) in [6, 6.07) is 8.95. The van der Waals surface area contributed by atoms with Crippen molar-refractivity contribution in [3.63, 3.8) is 0 Å². The molecule has 0 aliphatic carbocycles. The number of hydrogen-bond acceptors (Lipinski definition) is 4. The van der Waals surface area contributed by atoms with Crippen LogP contribution < -0.4 is 0 Å². The quantitative estimate of drug-likeness (QED) is 0.392. The third-order valence-electron chi connectivity index (χ3n) is 4.66. The molecule has 4 aromatic rings. The molecule has 4 rings (SSSR count). The standard InChI is InChI=1S/C21H16ClNO3S2/c1-11-9-23(2)20-15(11)8-17(28-20)16(24)7-13-10-27-19(18(13)21(25)26)12-3-5-14(22)6-4-12/h3-6,8-10H,7H2,1-2H3,(H,25,26). The molecule has 0 aliphatic heterocycles. The highest BCUT2D eigenvalue weighted by Crippen LogP contribution is 2.35. The number of nitrogens with zero attached hydrogens (tertiary/aromatic N) is 1. The third-order valence-corrected chi connectivity index (χ3v) is 7.25. The van der Waals surface area contributed by atoms with E-state index in [4.69, 9.17) is 11.6 Å². The fourth-order valence-corrected chi connectivity index (χ4v) is 5.61. The molecule has 0 unspecified atom stereocenters. The van der Waals surface area contributed by atoms with Crippen molar-refractivity contribution in [3.8, 4) is 10.4 Å². The predicted molar refractivity (Wildman–Crippen MR) is 115 cm³/mol. The number of benzene rings is 1. The molecule has 0 saturated carbocycles. The monoisotopic (exact) mass is 429 g/mol. The first-order valence-corrected chi connectivity index (χ1v) is 10.6. The van der Waals surface area contributed by atoms with Gasteiger partial charge >= 0.3 is 5.97 Å². The van der Waals surface area contributed by atoms with Crippen LogP contribution in [0.1, 0.15) is 31.2 Å². The topological polar surface area (TPSA) is 59.3 Å². The summed E-state index contributed by atoms with van der Waals surface area (Å²) < 4.78 is 2.01. The summed E-state index contributed by atoms with van der Waals surface area (Å²) in [5.74, 6) is -1.09. The maximum Gasteiger partial charge on any atom is 0.337 e. The Balaban J connectivity index is 1.68. The predicted octanol–water partition coefficient (Wildman–Crippen LogP) is 6.05. The first-order valence-electron chi connectivity index (χ1n) is 8.53. The van der Waals surface area contributed by atoms with Gasteiger partial charge in [-0.05, 0) is 47.2 Å². The van der Waals surface area contributed by atoms with E-state index in [0.29, 0.717) is 20.3 Å². The number of fused-ring (bicyclic) bond motifs is 1. The minimum Gasteiger partial charge on any atom is -0.478 e. The summed E-state index contributed by atoms with van der Waals surface area (Å²) in [6.45, 7) is 2.02. The van der Waals surface area contributed by atoms with Gasteiger partial charge in [0.25, 0.3) is 0 Å². The maximum atomic E-state index is 12.9. The smallest absolute Gasteiger partial charge is 0.337 e. The molecular formula is C21H16ClNO3S2. The van der Waals surface area contributed by atoms with Crippen molar-refractivity contribution in [2.45, 2.75) is 13.3 Å². The number of halogens is 1. The lowest BCUT2D eigenvalue weighted by molar-refractivity contribution is 0.0697. The Bertz CT molecular complexity index is 1180. The molecule has 0 fully saturated rings. The van der Waals surface area contributed by atoms with Crippen molar-refractivity contribution in [3.05, 3.63) is 68.5 Å². The highest BCUT2D eigenvalue weighted by Gasteiger charge is 2.23. The van der Waals surface area contributed by atoms with Gasteiger partial charge in [0.1, 0.15) is 4.83 Å². The Morgan fingerprint density at radius 1 is 1.21 bits per heavy atom. The second kappa shape index (κ2) is 7.20. The molecule has 0 aliphatic rings. The van der Waals surface area contributed by atoms with E-state index in [1.54, 1.807) is 29.6 Å². The van der Waals surface area contributed by atoms with Gasteiger partial charge in [0.15, 0.2) is 5.78 Å². The number of aryl methyl sites for hydroxylation is 2. The summed E-state index contributed by atoms with van der Waals surface area (Å²) in [4.78, 5) is 27.1. The summed E-state index contributed by atoms with van der Waals surface area (Å²) in [5, 5.41) is 13.2. The Morgan fingerprint density at radius 2 is 1.93 bits per heavy atom. The second-order valence-corrected chi connectivity index (χ2v) is 8.98. The number of aromatic carboxylic acids is 1. The van der Waals surface area contributed by atoms with E-state index in [-0.39, 0.29) is 17.8 Å². The number of carboxylic acids is 1. The van der Waals surface area contributed by atoms with Crippen LogP contribution in [-0.4, -0.2) is 21.4 Å². The molecule has 0 amide bonds. The van der Waals surface area contributed by atoms with E-state index in [0.717, 1.165) is 21.3 Å². The van der Waals surface area contributed by atoms with Crippen LogP contribution in [-0.2, 0) is 13.5 Å². The first-order chi connectivity index (χ1) is 13.3. The van der Waals surface area contributed by atoms with Crippen molar-refractivity contribution in [1.29, 1.82) is 0 Å². The number of thiophene rings is 2. The SMILES string of the molecule is Cc1cn(C)c2sc(C(=O)Cc3csc(-c4ccc(Cl)cc4)c3C(=O)O)cc12. The zero-order valence-corrected chi connectivity index (χ0v) is 17.5. The summed E-state index contributed by atoms with van der Waals surface area (Å²) in [6.07, 6.45) is 2.10. The normalized spacial score (nSPS) is 11.2. The summed E-state index contributed by atoms with van der Waals surface area (Å²) >= 11 is 8.71. The number of ketones is 1. The van der Waals surface area contributed by atoms with Crippen molar-refractivity contribution < 1.29 is 14.7 Å². The van der Waals surface area contributed by atoms with Gasteiger partial charge < -0.3 is 9.67 Å². The average Bonchev–Trinajstić information content (AvgIpc) is 3.32. The number of carboxylic acid groups (broad SMARTS) is 1. The van der Waals surface area contributed by atoms with E-state index in [1.807, 2.05) is 30.8 Å². The minimum atomic E-state index is -1.03. The lowest BCUT2D eigenvalue weighted by atomic mass is 10.0. The minimum absolute atomic E-state index is 0.0662. The Morgan fingerprint density at radius 3 is 2.57 bits per heavy atom. The van der Waals surface area contributed by atoms with Gasteiger partial charge in [-0.15, -0.1) is 22.7 Å². The molecule has 1 N–H and O–H groups in total. The summed E-state index contributed by atoms with van der Waals surface area (Å²) in [5.41, 5.74) is 2.64. The maximum absolute atomic E-state index is 12.9. The number of carbonyl (C=O) groups excluding carboxylic acids is 1. The third kappa shape index (κ3) is 3.28. The Hall–Kier alpha value is -2.41. The Kier molecular flexibility index (Phi) is 4.87. The molecule has 1 aromatic carbocycles. The number of hydrogen-bond donors (Lipinski definition) is 1. The van der Waals surface area contributed by atoms with Gasteiger partial charge in [-0.25, -0.2) is 4.79 Å². The molecular weight excluding hydrogens is 414 g/mol. The van der Waals surface area contributed by atoms with Crippen LogP contribution >= 0.6 is 34.3 Å². The van der Waals surface area contributed by atoms with Gasteiger partial charge in [-0.1, -0.05) is 23.7 Å². The van der Waals surface area contributed by atoms with Gasteiger partial charge in [0.2, 0.25) is 0 Å². The fourth-order valence-electron chi connectivity index (χ4n) is 3.31. The van der Waals surface area contributed by atoms with Crippen LogP contribution in [0, 0.1) is 6.92 Å². The fraction of sp³-hybridized carbons (Fsp3) is 0.143. The van der Waals surface area contributed by atoms with Crippen LogP contribution in [0.3, 0.4) is 0 Å². The van der Waals surface area contributed by atoms with E-state index >= 15 is 0 Å². The average molecular weight is 430 g/mol. The molecule has 0 spiro atoms. The van der Waals surface area contributed by atoms with Crippen LogP contribution in [0.15, 0.2) is 41.9 Å². The zero-order valence-electron chi connectivity index (χ0n) is 15.2. The highest BCUT2D eigenvalue weighted by atomic mass is 35.5. The van der Waals surface area contributed by atoms with E-state index < -0.39 is 5.97 Å². The van der Waals surface area contributed by atoms with Crippen LogP contribution in [0.2, 0.25) is 5.02 Å². The van der Waals surface area contributed by atoms with Gasteiger partial charge in [-0.3, -0.25) is 4.79 Å². The molecule has 3 heterocycles. The summed E-state index contributed by atoms with van der Waals surface area (Å²) in [7, 11) is 1.96. The molecule has 142 valence electrons. The molecule has 0 atom stereocenters. The van der Waals surface area contributed by atoms with Gasteiger partial charge in [0, 0.05) is 35.0 Å². The molecule has 28 heavy (non-hydrogen) atoms.